The molecule has 0 radical (unpaired) electrons. The first-order valence-corrected chi connectivity index (χ1v) is 11.1. The van der Waals surface area contributed by atoms with Crippen molar-refractivity contribution in [2.45, 2.75) is 44.5 Å². The summed E-state index contributed by atoms with van der Waals surface area (Å²) in [4.78, 5) is 13.2. The first-order chi connectivity index (χ1) is 16.7. The lowest BCUT2D eigenvalue weighted by Gasteiger charge is -2.29. The van der Waals surface area contributed by atoms with Crippen LogP contribution in [0.3, 0.4) is 0 Å². The highest BCUT2D eigenvalue weighted by atomic mass is 19.4. The Balaban J connectivity index is 1.61. The van der Waals surface area contributed by atoms with Gasteiger partial charge in [0.1, 0.15) is 17.0 Å². The molecular weight excluding hydrogens is 461 g/mol. The Morgan fingerprint density at radius 2 is 1.89 bits per heavy atom. The number of halogens is 3. The van der Waals surface area contributed by atoms with Gasteiger partial charge >= 0.3 is 6.18 Å². The number of alkyl halides is 3. The molecule has 35 heavy (non-hydrogen) atoms. The Morgan fingerprint density at radius 1 is 1.09 bits per heavy atom. The van der Waals surface area contributed by atoms with Crippen molar-refractivity contribution >= 4 is 0 Å². The quantitative estimate of drug-likeness (QED) is 0.465. The zero-order valence-electron chi connectivity index (χ0n) is 19.1. The summed E-state index contributed by atoms with van der Waals surface area (Å²) < 4.78 is 50.1. The summed E-state index contributed by atoms with van der Waals surface area (Å²) in [6.07, 6.45) is 0.102. The Labute approximate surface area is 199 Å². The molecule has 1 aromatic carbocycles. The van der Waals surface area contributed by atoms with Crippen molar-refractivity contribution in [3.63, 3.8) is 0 Å². The summed E-state index contributed by atoms with van der Waals surface area (Å²) in [6, 6.07) is 8.55. The molecule has 0 saturated heterocycles. The molecule has 1 N–H and O–H groups in total. The number of aromatic nitrogens is 6. The van der Waals surface area contributed by atoms with Crippen molar-refractivity contribution in [2.75, 3.05) is 7.11 Å². The van der Waals surface area contributed by atoms with Crippen molar-refractivity contribution in [1.29, 1.82) is 0 Å². The normalized spacial score (nSPS) is 18.2. The molecule has 0 aliphatic carbocycles. The molecule has 1 aliphatic heterocycles. The molecule has 0 spiro atoms. The van der Waals surface area contributed by atoms with E-state index in [1.807, 2.05) is 13.1 Å². The Hall–Kier alpha value is -3.73. The average molecular weight is 484 g/mol. The Kier molecular flexibility index (Phi) is 5.59. The standard InChI is InChI=1S/C24H23F3N6O2/c1-15-13-32(14-28-15)19-10-9-18(29-21(19)35-2)20-30-22-23(34,11-5-6-12-33(22)31-20)16-7-3-4-8-17(16)24(25,26)27/h3-4,7-10,13-14,34H,5-6,11-12H2,1-2H3. The van der Waals surface area contributed by atoms with Gasteiger partial charge in [-0.15, -0.1) is 5.10 Å². The van der Waals surface area contributed by atoms with E-state index in [0.29, 0.717) is 36.6 Å². The minimum Gasteiger partial charge on any atom is -0.479 e. The molecule has 1 unspecified atom stereocenters. The van der Waals surface area contributed by atoms with Gasteiger partial charge < -0.3 is 14.4 Å². The molecule has 3 aromatic heterocycles. The van der Waals surface area contributed by atoms with Crippen LogP contribution in [0.1, 0.15) is 41.9 Å². The van der Waals surface area contributed by atoms with Crippen LogP contribution in [0, 0.1) is 6.92 Å². The fraction of sp³-hybridized carbons (Fsp3) is 0.333. The number of hydrogen-bond acceptors (Lipinski definition) is 6. The molecule has 0 saturated carbocycles. The van der Waals surface area contributed by atoms with Gasteiger partial charge in [0.25, 0.3) is 0 Å². The molecule has 0 fully saturated rings. The molecule has 11 heteroatoms. The highest BCUT2D eigenvalue weighted by Crippen LogP contribution is 2.43. The first-order valence-electron chi connectivity index (χ1n) is 11.1. The molecule has 0 bridgehead atoms. The fourth-order valence-electron chi connectivity index (χ4n) is 4.47. The van der Waals surface area contributed by atoms with E-state index in [2.05, 4.69) is 20.1 Å². The monoisotopic (exact) mass is 484 g/mol. The van der Waals surface area contributed by atoms with Gasteiger partial charge in [-0.05, 0) is 44.4 Å². The third-order valence-electron chi connectivity index (χ3n) is 6.13. The number of nitrogens with zero attached hydrogens (tertiary/aromatic N) is 6. The van der Waals surface area contributed by atoms with Crippen LogP contribution in [0.5, 0.6) is 5.88 Å². The number of methoxy groups -OCH3 is 1. The third-order valence-corrected chi connectivity index (χ3v) is 6.13. The summed E-state index contributed by atoms with van der Waals surface area (Å²) in [5.41, 5.74) is -1.21. The van der Waals surface area contributed by atoms with E-state index in [4.69, 9.17) is 4.74 Å². The predicted octanol–water partition coefficient (Wildman–Crippen LogP) is 4.28. The van der Waals surface area contributed by atoms with E-state index in [9.17, 15) is 18.3 Å². The summed E-state index contributed by atoms with van der Waals surface area (Å²) in [5.74, 6) is 0.566. The minimum absolute atomic E-state index is 0.0665. The topological polar surface area (TPSA) is 90.9 Å². The van der Waals surface area contributed by atoms with E-state index >= 15 is 0 Å². The second kappa shape index (κ2) is 8.49. The number of pyridine rings is 1. The van der Waals surface area contributed by atoms with Gasteiger partial charge in [-0.25, -0.2) is 19.6 Å². The highest BCUT2D eigenvalue weighted by Gasteiger charge is 2.45. The van der Waals surface area contributed by atoms with Gasteiger partial charge in [0.2, 0.25) is 5.88 Å². The van der Waals surface area contributed by atoms with Crippen LogP contribution in [-0.4, -0.2) is 41.5 Å². The van der Waals surface area contributed by atoms with E-state index < -0.39 is 17.3 Å². The van der Waals surface area contributed by atoms with Crippen molar-refractivity contribution < 1.29 is 23.0 Å². The van der Waals surface area contributed by atoms with Gasteiger partial charge in [-0.1, -0.05) is 18.2 Å². The number of fused-ring (bicyclic) bond motifs is 1. The van der Waals surface area contributed by atoms with Crippen LogP contribution in [0.15, 0.2) is 48.9 Å². The Bertz CT molecular complexity index is 1380. The van der Waals surface area contributed by atoms with Crippen LogP contribution in [0.2, 0.25) is 0 Å². The maximum Gasteiger partial charge on any atom is 0.416 e. The third kappa shape index (κ3) is 4.05. The number of imidazole rings is 1. The van der Waals surface area contributed by atoms with E-state index in [1.165, 1.54) is 30.0 Å². The van der Waals surface area contributed by atoms with Crippen LogP contribution in [0.25, 0.3) is 17.2 Å². The molecule has 182 valence electrons. The van der Waals surface area contributed by atoms with Crippen molar-refractivity contribution in [2.24, 2.45) is 0 Å². The minimum atomic E-state index is -4.62. The number of aryl methyl sites for hydroxylation is 2. The SMILES string of the molecule is COc1nc(-c2nc3n(n2)CCCCC3(O)c2ccccc2C(F)(F)F)ccc1-n1cnc(C)c1. The van der Waals surface area contributed by atoms with Gasteiger partial charge in [0.05, 0.1) is 24.7 Å². The summed E-state index contributed by atoms with van der Waals surface area (Å²) in [6.45, 7) is 2.29. The highest BCUT2D eigenvalue weighted by molar-refractivity contribution is 5.56. The van der Waals surface area contributed by atoms with E-state index in [0.717, 1.165) is 11.8 Å². The summed E-state index contributed by atoms with van der Waals surface area (Å²) in [5, 5.41) is 16.2. The largest absolute Gasteiger partial charge is 0.479 e. The molecule has 4 aromatic rings. The number of hydrogen-bond donors (Lipinski definition) is 1. The van der Waals surface area contributed by atoms with Gasteiger partial charge in [-0.2, -0.15) is 13.2 Å². The number of benzene rings is 1. The van der Waals surface area contributed by atoms with Crippen LogP contribution in [0.4, 0.5) is 13.2 Å². The predicted molar refractivity (Wildman–Crippen MR) is 120 cm³/mol. The molecule has 1 atom stereocenters. The van der Waals surface area contributed by atoms with Crippen molar-refractivity contribution in [3.05, 3.63) is 71.6 Å². The second-order valence-corrected chi connectivity index (χ2v) is 8.49. The molecule has 5 rings (SSSR count). The van der Waals surface area contributed by atoms with Crippen LogP contribution < -0.4 is 4.74 Å². The number of ether oxygens (including phenoxy) is 1. The summed E-state index contributed by atoms with van der Waals surface area (Å²) in [7, 11) is 1.49. The second-order valence-electron chi connectivity index (χ2n) is 8.49. The Morgan fingerprint density at radius 3 is 2.60 bits per heavy atom. The summed E-state index contributed by atoms with van der Waals surface area (Å²) >= 11 is 0. The molecule has 8 nitrogen and oxygen atoms in total. The molecule has 0 amide bonds. The van der Waals surface area contributed by atoms with E-state index in [-0.39, 0.29) is 23.6 Å². The lowest BCUT2D eigenvalue weighted by atomic mass is 9.85. The van der Waals surface area contributed by atoms with E-state index in [1.54, 1.807) is 23.0 Å². The zero-order chi connectivity index (χ0) is 24.8. The van der Waals surface area contributed by atoms with Gasteiger partial charge in [-0.3, -0.25) is 0 Å². The van der Waals surface area contributed by atoms with Gasteiger partial charge in [0, 0.05) is 18.3 Å². The number of aliphatic hydroxyl groups is 1. The van der Waals surface area contributed by atoms with Crippen molar-refractivity contribution in [1.82, 2.24) is 29.3 Å². The smallest absolute Gasteiger partial charge is 0.416 e. The molecule has 1 aliphatic rings. The lowest BCUT2D eigenvalue weighted by Crippen LogP contribution is -2.32. The fourth-order valence-corrected chi connectivity index (χ4v) is 4.47. The van der Waals surface area contributed by atoms with Crippen LogP contribution >= 0.6 is 0 Å². The average Bonchev–Trinajstić information content (AvgIpc) is 3.44. The lowest BCUT2D eigenvalue weighted by molar-refractivity contribution is -0.140. The van der Waals surface area contributed by atoms with Crippen LogP contribution in [-0.2, 0) is 18.3 Å². The van der Waals surface area contributed by atoms with Gasteiger partial charge in [0.15, 0.2) is 11.6 Å². The molecular formula is C24H23F3N6O2. The van der Waals surface area contributed by atoms with Crippen molar-refractivity contribution in [3.8, 4) is 23.1 Å². The number of rotatable bonds is 4. The zero-order valence-corrected chi connectivity index (χ0v) is 19.1. The first kappa shape index (κ1) is 23.0. The molecule has 4 heterocycles. The maximum atomic E-state index is 13.8. The maximum absolute atomic E-state index is 13.8.